The Bertz CT molecular complexity index is 392. The lowest BCUT2D eigenvalue weighted by Crippen LogP contribution is -1.87. The Morgan fingerprint density at radius 2 is 1.12 bits per heavy atom. The van der Waals surface area contributed by atoms with E-state index in [2.05, 4.69) is 5.32 Å². The van der Waals surface area contributed by atoms with Crippen molar-refractivity contribution in [2.75, 3.05) is 5.32 Å². The van der Waals surface area contributed by atoms with Gasteiger partial charge in [-0.1, -0.05) is 36.4 Å². The van der Waals surface area contributed by atoms with Crippen molar-refractivity contribution in [3.8, 4) is 6.07 Å². The highest BCUT2D eigenvalue weighted by Gasteiger charge is 1.89. The SMILES string of the molecule is CC#N.c1ccc(Nc2ccccc2)cc1. The van der Waals surface area contributed by atoms with Crippen LogP contribution in [-0.2, 0) is 0 Å². The maximum atomic E-state index is 7.32. The van der Waals surface area contributed by atoms with E-state index in [4.69, 9.17) is 5.26 Å². The third-order valence-corrected chi connectivity index (χ3v) is 1.84. The molecule has 0 aliphatic carbocycles. The van der Waals surface area contributed by atoms with Crippen LogP contribution in [0.25, 0.3) is 0 Å². The average Bonchev–Trinajstić information content (AvgIpc) is 2.33. The molecule has 0 bridgehead atoms. The van der Waals surface area contributed by atoms with Crippen LogP contribution >= 0.6 is 0 Å². The van der Waals surface area contributed by atoms with Crippen LogP contribution < -0.4 is 5.32 Å². The van der Waals surface area contributed by atoms with Crippen molar-refractivity contribution >= 4 is 11.4 Å². The Morgan fingerprint density at radius 3 is 1.44 bits per heavy atom. The van der Waals surface area contributed by atoms with Crippen molar-refractivity contribution in [1.29, 1.82) is 5.26 Å². The summed E-state index contributed by atoms with van der Waals surface area (Å²) in [5.41, 5.74) is 2.24. The van der Waals surface area contributed by atoms with Crippen LogP contribution in [0.1, 0.15) is 6.92 Å². The summed E-state index contributed by atoms with van der Waals surface area (Å²) in [7, 11) is 0. The standard InChI is InChI=1S/C12H11N.C2H3N/c1-3-7-11(8-4-1)13-12-9-5-2-6-10-12;1-2-3/h1-10,13H;1H3. The van der Waals surface area contributed by atoms with Gasteiger partial charge < -0.3 is 5.32 Å². The molecule has 0 aromatic heterocycles. The van der Waals surface area contributed by atoms with Crippen LogP contribution in [0, 0.1) is 11.3 Å². The van der Waals surface area contributed by atoms with Crippen LogP contribution in [0.2, 0.25) is 0 Å². The molecular weight excluding hydrogens is 196 g/mol. The van der Waals surface area contributed by atoms with Crippen molar-refractivity contribution in [3.05, 3.63) is 60.7 Å². The number of benzene rings is 2. The van der Waals surface area contributed by atoms with Gasteiger partial charge in [0.15, 0.2) is 0 Å². The minimum Gasteiger partial charge on any atom is -0.356 e. The number of para-hydroxylation sites is 2. The van der Waals surface area contributed by atoms with Gasteiger partial charge in [-0.2, -0.15) is 5.26 Å². The lowest BCUT2D eigenvalue weighted by atomic mass is 10.3. The van der Waals surface area contributed by atoms with E-state index in [0.717, 1.165) is 11.4 Å². The summed E-state index contributed by atoms with van der Waals surface area (Å²) in [5.74, 6) is 0. The molecule has 0 spiro atoms. The zero-order valence-electron chi connectivity index (χ0n) is 9.22. The third kappa shape index (κ3) is 4.30. The van der Waals surface area contributed by atoms with Crippen molar-refractivity contribution in [2.45, 2.75) is 6.92 Å². The van der Waals surface area contributed by atoms with Gasteiger partial charge in [0.05, 0.1) is 6.07 Å². The number of hydrogen-bond donors (Lipinski definition) is 1. The molecule has 0 saturated heterocycles. The molecule has 2 heteroatoms. The molecule has 0 unspecified atom stereocenters. The minimum absolute atomic E-state index is 1.12. The highest BCUT2D eigenvalue weighted by molar-refractivity contribution is 5.58. The molecule has 0 atom stereocenters. The first kappa shape index (κ1) is 11.8. The van der Waals surface area contributed by atoms with E-state index in [1.165, 1.54) is 6.92 Å². The van der Waals surface area contributed by atoms with Crippen molar-refractivity contribution in [1.82, 2.24) is 0 Å². The second-order valence-electron chi connectivity index (χ2n) is 3.08. The summed E-state index contributed by atoms with van der Waals surface area (Å²) in [6, 6.07) is 22.0. The van der Waals surface area contributed by atoms with Crippen LogP contribution in [-0.4, -0.2) is 0 Å². The Balaban J connectivity index is 0.000000386. The van der Waals surface area contributed by atoms with E-state index < -0.39 is 0 Å². The van der Waals surface area contributed by atoms with Gasteiger partial charge in [-0.3, -0.25) is 0 Å². The molecular formula is C14H14N2. The van der Waals surface area contributed by atoms with Gasteiger partial charge in [-0.15, -0.1) is 0 Å². The number of rotatable bonds is 2. The quantitative estimate of drug-likeness (QED) is 0.814. The number of nitriles is 1. The summed E-state index contributed by atoms with van der Waals surface area (Å²) in [4.78, 5) is 0. The predicted molar refractivity (Wildman–Crippen MR) is 67.5 cm³/mol. The lowest BCUT2D eigenvalue weighted by molar-refractivity contribution is 1.49. The Labute approximate surface area is 96.2 Å². The Morgan fingerprint density at radius 1 is 0.812 bits per heavy atom. The summed E-state index contributed by atoms with van der Waals surface area (Å²) >= 11 is 0. The highest BCUT2D eigenvalue weighted by Crippen LogP contribution is 2.14. The molecule has 0 fully saturated rings. The van der Waals surface area contributed by atoms with Crippen LogP contribution in [0.3, 0.4) is 0 Å². The smallest absolute Gasteiger partial charge is 0.0587 e. The molecule has 0 aliphatic heterocycles. The average molecular weight is 210 g/mol. The van der Waals surface area contributed by atoms with Crippen molar-refractivity contribution in [3.63, 3.8) is 0 Å². The fourth-order valence-electron chi connectivity index (χ4n) is 1.21. The number of nitrogens with zero attached hydrogens (tertiary/aromatic N) is 1. The Hall–Kier alpha value is -2.27. The van der Waals surface area contributed by atoms with E-state index in [1.807, 2.05) is 60.7 Å². The van der Waals surface area contributed by atoms with Gasteiger partial charge in [0.25, 0.3) is 0 Å². The van der Waals surface area contributed by atoms with Crippen molar-refractivity contribution in [2.24, 2.45) is 0 Å². The zero-order chi connectivity index (χ0) is 11.6. The van der Waals surface area contributed by atoms with E-state index in [-0.39, 0.29) is 0 Å². The molecule has 0 heterocycles. The van der Waals surface area contributed by atoms with E-state index >= 15 is 0 Å². The van der Waals surface area contributed by atoms with E-state index in [9.17, 15) is 0 Å². The first-order valence-electron chi connectivity index (χ1n) is 5.04. The minimum atomic E-state index is 1.12. The topological polar surface area (TPSA) is 35.8 Å². The van der Waals surface area contributed by atoms with E-state index in [0.29, 0.717) is 0 Å². The second kappa shape index (κ2) is 7.08. The molecule has 80 valence electrons. The van der Waals surface area contributed by atoms with Crippen LogP contribution in [0.4, 0.5) is 11.4 Å². The monoisotopic (exact) mass is 210 g/mol. The molecule has 2 rings (SSSR count). The molecule has 0 aliphatic rings. The molecule has 2 aromatic rings. The molecule has 2 nitrogen and oxygen atoms in total. The third-order valence-electron chi connectivity index (χ3n) is 1.84. The van der Waals surface area contributed by atoms with Gasteiger partial charge in [0, 0.05) is 18.3 Å². The van der Waals surface area contributed by atoms with Gasteiger partial charge in [0.2, 0.25) is 0 Å². The number of hydrogen-bond acceptors (Lipinski definition) is 2. The van der Waals surface area contributed by atoms with Crippen LogP contribution in [0.5, 0.6) is 0 Å². The normalized spacial score (nSPS) is 8.25. The van der Waals surface area contributed by atoms with Gasteiger partial charge in [-0.25, -0.2) is 0 Å². The summed E-state index contributed by atoms with van der Waals surface area (Å²) < 4.78 is 0. The first-order valence-corrected chi connectivity index (χ1v) is 5.04. The summed E-state index contributed by atoms with van der Waals surface area (Å²) in [6.07, 6.45) is 0. The van der Waals surface area contributed by atoms with Crippen LogP contribution in [0.15, 0.2) is 60.7 Å². The Kier molecular flexibility index (Phi) is 5.22. The molecule has 0 radical (unpaired) electrons. The zero-order valence-corrected chi connectivity index (χ0v) is 9.22. The second-order valence-corrected chi connectivity index (χ2v) is 3.08. The van der Waals surface area contributed by atoms with E-state index in [1.54, 1.807) is 6.07 Å². The molecule has 2 aromatic carbocycles. The van der Waals surface area contributed by atoms with Gasteiger partial charge >= 0.3 is 0 Å². The predicted octanol–water partition coefficient (Wildman–Crippen LogP) is 3.96. The fraction of sp³-hybridized carbons (Fsp3) is 0.0714. The highest BCUT2D eigenvalue weighted by atomic mass is 14.9. The number of anilines is 2. The summed E-state index contributed by atoms with van der Waals surface area (Å²) in [5, 5.41) is 10.6. The maximum absolute atomic E-state index is 7.32. The van der Waals surface area contributed by atoms with Gasteiger partial charge in [-0.05, 0) is 24.3 Å². The van der Waals surface area contributed by atoms with Gasteiger partial charge in [0.1, 0.15) is 0 Å². The van der Waals surface area contributed by atoms with Crippen molar-refractivity contribution < 1.29 is 0 Å². The largest absolute Gasteiger partial charge is 0.356 e. The molecule has 1 N–H and O–H groups in total. The molecule has 0 amide bonds. The maximum Gasteiger partial charge on any atom is 0.0587 e. The fourth-order valence-corrected chi connectivity index (χ4v) is 1.21. The summed E-state index contributed by atoms with van der Waals surface area (Å²) in [6.45, 7) is 1.43. The number of nitrogens with one attached hydrogen (secondary N) is 1. The lowest BCUT2D eigenvalue weighted by Gasteiger charge is -2.04. The first-order chi connectivity index (χ1) is 7.86. The molecule has 0 saturated carbocycles. The molecule has 16 heavy (non-hydrogen) atoms.